The quantitative estimate of drug-likeness (QED) is 0.780. The fourth-order valence-corrected chi connectivity index (χ4v) is 2.19. The number of ether oxygens (including phenoxy) is 2. The van der Waals surface area contributed by atoms with Gasteiger partial charge in [-0.3, -0.25) is 0 Å². The van der Waals surface area contributed by atoms with Crippen LogP contribution in [-0.4, -0.2) is 46.8 Å². The van der Waals surface area contributed by atoms with Crippen molar-refractivity contribution in [2.24, 2.45) is 0 Å². The molecule has 3 heterocycles. The van der Waals surface area contributed by atoms with Crippen LogP contribution in [0.1, 0.15) is 17.8 Å². The van der Waals surface area contributed by atoms with Gasteiger partial charge in [-0.05, 0) is 0 Å². The lowest BCUT2D eigenvalue weighted by Gasteiger charge is -2.26. The normalized spacial score (nSPS) is 23.5. The number of aromatic nitrogens is 2. The van der Waals surface area contributed by atoms with Gasteiger partial charge in [-0.1, -0.05) is 0 Å². The molecule has 92 valence electrons. The molecule has 2 aliphatic heterocycles. The summed E-state index contributed by atoms with van der Waals surface area (Å²) in [4.78, 5) is 20.9. The van der Waals surface area contributed by atoms with Crippen molar-refractivity contribution < 1.29 is 14.3 Å². The predicted molar refractivity (Wildman–Crippen MR) is 58.4 cm³/mol. The molecule has 1 saturated heterocycles. The van der Waals surface area contributed by atoms with Crippen LogP contribution < -0.4 is 0 Å². The molecule has 1 amide bonds. The van der Waals surface area contributed by atoms with Crippen LogP contribution in [-0.2, 0) is 22.4 Å². The van der Waals surface area contributed by atoms with Crippen LogP contribution in [0.25, 0.3) is 0 Å². The molecule has 2 aliphatic rings. The molecule has 0 aromatic carbocycles. The number of imidazole rings is 1. The summed E-state index contributed by atoms with van der Waals surface area (Å²) in [7, 11) is 0. The molecule has 1 aromatic heterocycles. The number of carbonyl (C=O) groups excluding carboxylic acids is 1. The van der Waals surface area contributed by atoms with Gasteiger partial charge in [0, 0.05) is 19.4 Å². The lowest BCUT2D eigenvalue weighted by molar-refractivity contribution is 0.0513. The minimum atomic E-state index is -0.249. The van der Waals surface area contributed by atoms with Gasteiger partial charge in [-0.15, -0.1) is 0 Å². The third kappa shape index (κ3) is 2.12. The smallest absolute Gasteiger partial charge is 0.410 e. The van der Waals surface area contributed by atoms with E-state index < -0.39 is 0 Å². The first kappa shape index (κ1) is 10.6. The maximum atomic E-state index is 11.9. The second kappa shape index (κ2) is 4.37. The third-order valence-electron chi connectivity index (χ3n) is 3.19. The maximum Gasteiger partial charge on any atom is 0.410 e. The summed E-state index contributed by atoms with van der Waals surface area (Å²) in [5, 5.41) is 0. The van der Waals surface area contributed by atoms with Gasteiger partial charge in [0.25, 0.3) is 0 Å². The first-order valence-electron chi connectivity index (χ1n) is 5.87. The number of nitrogens with one attached hydrogen (secondary N) is 1. The van der Waals surface area contributed by atoms with E-state index in [1.165, 1.54) is 0 Å². The summed E-state index contributed by atoms with van der Waals surface area (Å²) in [6, 6.07) is 0. The Kier molecular flexibility index (Phi) is 2.72. The largest absolute Gasteiger partial charge is 0.444 e. The van der Waals surface area contributed by atoms with Gasteiger partial charge in [0.15, 0.2) is 0 Å². The molecule has 0 radical (unpaired) electrons. The van der Waals surface area contributed by atoms with E-state index in [0.717, 1.165) is 24.2 Å². The molecule has 0 aliphatic carbocycles. The van der Waals surface area contributed by atoms with Gasteiger partial charge in [0.05, 0.1) is 37.5 Å². The molecule has 1 aromatic rings. The third-order valence-corrected chi connectivity index (χ3v) is 3.19. The number of nitrogens with zero attached hydrogens (tertiary/aromatic N) is 2. The van der Waals surface area contributed by atoms with Crippen molar-refractivity contribution in [1.82, 2.24) is 14.9 Å². The lowest BCUT2D eigenvalue weighted by Crippen LogP contribution is -2.38. The molecule has 0 unspecified atom stereocenters. The Bertz CT molecular complexity index is 412. The molecule has 6 nitrogen and oxygen atoms in total. The van der Waals surface area contributed by atoms with Crippen molar-refractivity contribution in [2.75, 3.05) is 19.8 Å². The fraction of sp³-hybridized carbons (Fsp3) is 0.636. The number of amides is 1. The Balaban J connectivity index is 1.60. The second-order valence-electron chi connectivity index (χ2n) is 4.37. The molecular weight excluding hydrogens is 222 g/mol. The van der Waals surface area contributed by atoms with E-state index in [1.807, 2.05) is 0 Å². The number of carbonyl (C=O) groups is 1. The van der Waals surface area contributed by atoms with Crippen LogP contribution in [0, 0.1) is 0 Å². The molecule has 0 bridgehead atoms. The van der Waals surface area contributed by atoms with Gasteiger partial charge in [0.1, 0.15) is 6.10 Å². The highest BCUT2D eigenvalue weighted by atomic mass is 16.6. The number of H-pyrrole nitrogens is 1. The zero-order valence-corrected chi connectivity index (χ0v) is 9.52. The van der Waals surface area contributed by atoms with E-state index in [-0.39, 0.29) is 12.2 Å². The van der Waals surface area contributed by atoms with Gasteiger partial charge in [-0.2, -0.15) is 0 Å². The maximum absolute atomic E-state index is 11.9. The van der Waals surface area contributed by atoms with Crippen LogP contribution in [0.4, 0.5) is 4.79 Å². The first-order valence-corrected chi connectivity index (χ1v) is 5.87. The van der Waals surface area contributed by atoms with Crippen molar-refractivity contribution >= 4 is 6.09 Å². The molecule has 3 rings (SSSR count). The zero-order chi connectivity index (χ0) is 11.7. The number of rotatable bonds is 1. The number of fused-ring (bicyclic) bond motifs is 1. The molecule has 1 N–H and O–H groups in total. The monoisotopic (exact) mass is 237 g/mol. The van der Waals surface area contributed by atoms with E-state index in [1.54, 1.807) is 11.2 Å². The number of aromatic amines is 1. The van der Waals surface area contributed by atoms with Crippen molar-refractivity contribution in [1.29, 1.82) is 0 Å². The van der Waals surface area contributed by atoms with Crippen molar-refractivity contribution in [3.63, 3.8) is 0 Å². The van der Waals surface area contributed by atoms with E-state index in [2.05, 4.69) is 9.97 Å². The Hall–Kier alpha value is -1.56. The molecule has 0 spiro atoms. The van der Waals surface area contributed by atoms with Gasteiger partial charge >= 0.3 is 6.09 Å². The van der Waals surface area contributed by atoms with Gasteiger partial charge in [-0.25, -0.2) is 9.78 Å². The van der Waals surface area contributed by atoms with E-state index >= 15 is 0 Å². The van der Waals surface area contributed by atoms with E-state index in [0.29, 0.717) is 26.3 Å². The molecule has 1 fully saturated rings. The number of hydrogen-bond donors (Lipinski definition) is 1. The summed E-state index contributed by atoms with van der Waals surface area (Å²) in [5.74, 6) is 0. The first-order chi connectivity index (χ1) is 8.33. The molecule has 17 heavy (non-hydrogen) atoms. The van der Waals surface area contributed by atoms with Crippen LogP contribution in [0.15, 0.2) is 6.33 Å². The van der Waals surface area contributed by atoms with Crippen LogP contribution in [0.2, 0.25) is 0 Å². The van der Waals surface area contributed by atoms with E-state index in [4.69, 9.17) is 9.47 Å². The van der Waals surface area contributed by atoms with Crippen LogP contribution in [0.5, 0.6) is 0 Å². The summed E-state index contributed by atoms with van der Waals surface area (Å²) < 4.78 is 10.5. The summed E-state index contributed by atoms with van der Waals surface area (Å²) in [6.07, 6.45) is 2.93. The van der Waals surface area contributed by atoms with Crippen molar-refractivity contribution in [3.05, 3.63) is 17.7 Å². The molecule has 1 atom stereocenters. The summed E-state index contributed by atoms with van der Waals surface area (Å²) >= 11 is 0. The zero-order valence-electron chi connectivity index (χ0n) is 9.52. The minimum absolute atomic E-state index is 0.0781. The Morgan fingerprint density at radius 3 is 3.41 bits per heavy atom. The highest BCUT2D eigenvalue weighted by Gasteiger charge is 2.27. The summed E-state index contributed by atoms with van der Waals surface area (Å²) in [6.45, 7) is 2.43. The standard InChI is InChI=1S/C11H15N3O3/c15-11(17-8-2-4-16-6-8)14-3-1-9-10(5-14)13-7-12-9/h7-8H,1-6H2,(H,12,13)/t8-/m0/s1. The topological polar surface area (TPSA) is 67.5 Å². The highest BCUT2D eigenvalue weighted by Crippen LogP contribution is 2.17. The Morgan fingerprint density at radius 1 is 1.65 bits per heavy atom. The molecule has 0 saturated carbocycles. The van der Waals surface area contributed by atoms with Gasteiger partial charge < -0.3 is 19.4 Å². The number of hydrogen-bond acceptors (Lipinski definition) is 4. The highest BCUT2D eigenvalue weighted by molar-refractivity contribution is 5.68. The average Bonchev–Trinajstić information content (AvgIpc) is 2.97. The lowest BCUT2D eigenvalue weighted by atomic mass is 10.1. The summed E-state index contributed by atoms with van der Waals surface area (Å²) in [5.41, 5.74) is 2.06. The second-order valence-corrected chi connectivity index (χ2v) is 4.37. The molecule has 6 heteroatoms. The van der Waals surface area contributed by atoms with Crippen LogP contribution in [0.3, 0.4) is 0 Å². The Morgan fingerprint density at radius 2 is 2.59 bits per heavy atom. The van der Waals surface area contributed by atoms with Gasteiger partial charge in [0.2, 0.25) is 0 Å². The van der Waals surface area contributed by atoms with Crippen molar-refractivity contribution in [3.8, 4) is 0 Å². The van der Waals surface area contributed by atoms with Crippen molar-refractivity contribution in [2.45, 2.75) is 25.5 Å². The molecular formula is C11H15N3O3. The van der Waals surface area contributed by atoms with E-state index in [9.17, 15) is 4.79 Å². The average molecular weight is 237 g/mol. The SMILES string of the molecule is O=C(O[C@H]1CCOC1)N1CCc2nc[nH]c2C1. The minimum Gasteiger partial charge on any atom is -0.444 e. The fourth-order valence-electron chi connectivity index (χ4n) is 2.19. The predicted octanol–water partition coefficient (Wildman–Crippen LogP) is 0.693. The van der Waals surface area contributed by atoms with Crippen LogP contribution >= 0.6 is 0 Å². The Labute approximate surface area is 98.9 Å².